The molecule has 0 saturated heterocycles. The summed E-state index contributed by atoms with van der Waals surface area (Å²) in [7, 11) is 0. The first-order chi connectivity index (χ1) is 7.92. The third-order valence-electron chi connectivity index (χ3n) is 3.53. The molecular formula is C14H19NO. The fourth-order valence-corrected chi connectivity index (χ4v) is 2.71. The first-order valence-corrected chi connectivity index (χ1v) is 6.16. The van der Waals surface area contributed by atoms with Crippen LogP contribution in [0.25, 0.3) is 0 Å². The summed E-state index contributed by atoms with van der Waals surface area (Å²) in [6.07, 6.45) is 7.26. The molecule has 1 aliphatic carbocycles. The third-order valence-corrected chi connectivity index (χ3v) is 3.53. The van der Waals surface area contributed by atoms with Gasteiger partial charge in [-0.3, -0.25) is 4.79 Å². The Bertz CT molecular complexity index is 317. The van der Waals surface area contributed by atoms with E-state index in [9.17, 15) is 4.79 Å². The van der Waals surface area contributed by atoms with Gasteiger partial charge in [0.15, 0.2) is 0 Å². The van der Waals surface area contributed by atoms with Crippen molar-refractivity contribution in [2.75, 3.05) is 0 Å². The molecule has 1 saturated carbocycles. The summed E-state index contributed by atoms with van der Waals surface area (Å²) in [6, 6.07) is 10.5. The van der Waals surface area contributed by atoms with Crippen molar-refractivity contribution in [1.29, 1.82) is 0 Å². The smallest absolute Gasteiger partial charge is 0.207 e. The summed E-state index contributed by atoms with van der Waals surface area (Å²) < 4.78 is 0. The van der Waals surface area contributed by atoms with E-state index in [0.29, 0.717) is 5.92 Å². The maximum Gasteiger partial charge on any atom is 0.207 e. The largest absolute Gasteiger partial charge is 0.352 e. The van der Waals surface area contributed by atoms with E-state index < -0.39 is 0 Å². The Morgan fingerprint density at radius 2 is 1.81 bits per heavy atom. The van der Waals surface area contributed by atoms with Crippen LogP contribution < -0.4 is 5.32 Å². The van der Waals surface area contributed by atoms with Gasteiger partial charge in [0.2, 0.25) is 6.41 Å². The van der Waals surface area contributed by atoms with E-state index in [0.717, 1.165) is 6.41 Å². The van der Waals surface area contributed by atoms with Crippen molar-refractivity contribution >= 4 is 6.41 Å². The summed E-state index contributed by atoms with van der Waals surface area (Å²) in [5, 5.41) is 2.99. The molecule has 0 radical (unpaired) electrons. The second-order valence-corrected chi connectivity index (χ2v) is 4.57. The van der Waals surface area contributed by atoms with Crippen molar-refractivity contribution in [2.45, 2.75) is 38.1 Å². The van der Waals surface area contributed by atoms with Crippen LogP contribution in [0.2, 0.25) is 0 Å². The van der Waals surface area contributed by atoms with Crippen LogP contribution in [0.4, 0.5) is 0 Å². The zero-order valence-electron chi connectivity index (χ0n) is 9.56. The van der Waals surface area contributed by atoms with Gasteiger partial charge >= 0.3 is 0 Å². The fourth-order valence-electron chi connectivity index (χ4n) is 2.71. The lowest BCUT2D eigenvalue weighted by Gasteiger charge is -2.30. The van der Waals surface area contributed by atoms with Gasteiger partial charge in [-0.1, -0.05) is 49.6 Å². The van der Waals surface area contributed by atoms with Crippen LogP contribution in [-0.2, 0) is 4.79 Å². The second kappa shape index (κ2) is 5.69. The van der Waals surface area contributed by atoms with E-state index in [-0.39, 0.29) is 6.04 Å². The van der Waals surface area contributed by atoms with E-state index in [1.165, 1.54) is 37.7 Å². The van der Waals surface area contributed by atoms with Crippen LogP contribution >= 0.6 is 0 Å². The van der Waals surface area contributed by atoms with Crippen LogP contribution in [0.1, 0.15) is 43.7 Å². The quantitative estimate of drug-likeness (QED) is 0.772. The predicted molar refractivity (Wildman–Crippen MR) is 65.0 cm³/mol. The highest BCUT2D eigenvalue weighted by Crippen LogP contribution is 2.33. The summed E-state index contributed by atoms with van der Waals surface area (Å²) in [5.74, 6) is 0.612. The topological polar surface area (TPSA) is 29.1 Å². The molecular weight excluding hydrogens is 198 g/mol. The van der Waals surface area contributed by atoms with Crippen LogP contribution in [-0.4, -0.2) is 6.41 Å². The zero-order valence-corrected chi connectivity index (χ0v) is 9.56. The molecule has 0 bridgehead atoms. The van der Waals surface area contributed by atoms with Crippen LogP contribution in [0.3, 0.4) is 0 Å². The van der Waals surface area contributed by atoms with Crippen molar-refractivity contribution < 1.29 is 4.79 Å². The van der Waals surface area contributed by atoms with E-state index in [1.807, 2.05) is 18.2 Å². The first kappa shape index (κ1) is 11.2. The second-order valence-electron chi connectivity index (χ2n) is 4.57. The monoisotopic (exact) mass is 217 g/mol. The van der Waals surface area contributed by atoms with E-state index >= 15 is 0 Å². The van der Waals surface area contributed by atoms with Gasteiger partial charge in [0.05, 0.1) is 6.04 Å². The molecule has 2 nitrogen and oxygen atoms in total. The highest BCUT2D eigenvalue weighted by atomic mass is 16.1. The Morgan fingerprint density at radius 1 is 1.12 bits per heavy atom. The van der Waals surface area contributed by atoms with E-state index in [2.05, 4.69) is 17.4 Å². The normalized spacial score (nSPS) is 19.0. The zero-order chi connectivity index (χ0) is 11.2. The molecule has 1 fully saturated rings. The number of carbonyl (C=O) groups is 1. The van der Waals surface area contributed by atoms with Gasteiger partial charge in [-0.05, 0) is 24.3 Å². The summed E-state index contributed by atoms with van der Waals surface area (Å²) in [4.78, 5) is 10.7. The molecule has 1 aromatic rings. The number of hydrogen-bond acceptors (Lipinski definition) is 1. The molecule has 1 aliphatic rings. The molecule has 1 atom stereocenters. The minimum Gasteiger partial charge on any atom is -0.352 e. The van der Waals surface area contributed by atoms with Crippen molar-refractivity contribution in [3.8, 4) is 0 Å². The number of carbonyl (C=O) groups excluding carboxylic acids is 1. The lowest BCUT2D eigenvalue weighted by molar-refractivity contribution is -0.110. The molecule has 16 heavy (non-hydrogen) atoms. The minimum atomic E-state index is 0.207. The number of amides is 1. The Hall–Kier alpha value is -1.31. The minimum absolute atomic E-state index is 0.207. The highest BCUT2D eigenvalue weighted by Gasteiger charge is 2.24. The molecule has 1 N–H and O–H groups in total. The average Bonchev–Trinajstić information content (AvgIpc) is 2.38. The van der Waals surface area contributed by atoms with Crippen molar-refractivity contribution in [3.63, 3.8) is 0 Å². The van der Waals surface area contributed by atoms with E-state index in [1.54, 1.807) is 0 Å². The van der Waals surface area contributed by atoms with Gasteiger partial charge in [0.1, 0.15) is 0 Å². The van der Waals surface area contributed by atoms with Crippen molar-refractivity contribution in [1.82, 2.24) is 5.32 Å². The van der Waals surface area contributed by atoms with Crippen LogP contribution in [0.5, 0.6) is 0 Å². The Morgan fingerprint density at radius 3 is 2.44 bits per heavy atom. The maximum atomic E-state index is 10.7. The maximum absolute atomic E-state index is 10.7. The molecule has 0 aliphatic heterocycles. The number of rotatable bonds is 4. The Balaban J connectivity index is 2.12. The van der Waals surface area contributed by atoms with Gasteiger partial charge in [-0.25, -0.2) is 0 Å². The summed E-state index contributed by atoms with van der Waals surface area (Å²) in [5.41, 5.74) is 1.24. The Kier molecular flexibility index (Phi) is 3.97. The van der Waals surface area contributed by atoms with Crippen LogP contribution in [0, 0.1) is 5.92 Å². The molecule has 1 amide bonds. The predicted octanol–water partition coefficient (Wildman–Crippen LogP) is 3.05. The molecule has 0 spiro atoms. The Labute approximate surface area is 97.1 Å². The molecule has 1 unspecified atom stereocenters. The lowest BCUT2D eigenvalue weighted by atomic mass is 9.81. The summed E-state index contributed by atoms with van der Waals surface area (Å²) >= 11 is 0. The molecule has 2 rings (SSSR count). The van der Waals surface area contributed by atoms with Gasteiger partial charge in [-0.2, -0.15) is 0 Å². The average molecular weight is 217 g/mol. The van der Waals surface area contributed by atoms with Gasteiger partial charge < -0.3 is 5.32 Å². The van der Waals surface area contributed by atoms with Crippen LogP contribution in [0.15, 0.2) is 30.3 Å². The van der Waals surface area contributed by atoms with Gasteiger partial charge in [0.25, 0.3) is 0 Å². The molecule has 1 aromatic carbocycles. The standard InChI is InChI=1S/C14H19NO/c16-11-15-14(12-7-3-1-4-8-12)13-9-5-2-6-10-13/h1,3-4,7-8,11,13-14H,2,5-6,9-10H2,(H,15,16). The van der Waals surface area contributed by atoms with Crippen molar-refractivity contribution in [2.24, 2.45) is 5.92 Å². The van der Waals surface area contributed by atoms with E-state index in [4.69, 9.17) is 0 Å². The van der Waals surface area contributed by atoms with Crippen molar-refractivity contribution in [3.05, 3.63) is 35.9 Å². The first-order valence-electron chi connectivity index (χ1n) is 6.16. The summed E-state index contributed by atoms with van der Waals surface area (Å²) in [6.45, 7) is 0. The van der Waals surface area contributed by atoms with Gasteiger partial charge in [0, 0.05) is 0 Å². The number of nitrogens with one attached hydrogen (secondary N) is 1. The fraction of sp³-hybridized carbons (Fsp3) is 0.500. The molecule has 86 valence electrons. The SMILES string of the molecule is O=CNC(c1ccccc1)C1CCCCC1. The molecule has 0 aromatic heterocycles. The molecule has 2 heteroatoms. The highest BCUT2D eigenvalue weighted by molar-refractivity contribution is 5.48. The third kappa shape index (κ3) is 2.63. The number of benzene rings is 1. The lowest BCUT2D eigenvalue weighted by Crippen LogP contribution is -2.28. The van der Waals surface area contributed by atoms with Gasteiger partial charge in [-0.15, -0.1) is 0 Å². The molecule has 0 heterocycles. The number of hydrogen-bond donors (Lipinski definition) is 1.